The Balaban J connectivity index is 1.40. The van der Waals surface area contributed by atoms with Gasteiger partial charge in [0, 0.05) is 41.9 Å². The first-order valence-electron chi connectivity index (χ1n) is 10.7. The molecule has 1 saturated heterocycles. The molecule has 30 heavy (non-hydrogen) atoms. The first kappa shape index (κ1) is 19.3. The predicted octanol–water partition coefficient (Wildman–Crippen LogP) is 5.95. The highest BCUT2D eigenvalue weighted by Gasteiger charge is 2.25. The van der Waals surface area contributed by atoms with E-state index in [0.717, 1.165) is 30.2 Å². The molecule has 1 atom stereocenters. The summed E-state index contributed by atoms with van der Waals surface area (Å²) >= 11 is 6.21. The molecule has 2 aromatic heterocycles. The highest BCUT2D eigenvalue weighted by atomic mass is 35.5. The van der Waals surface area contributed by atoms with Crippen molar-refractivity contribution in [2.75, 3.05) is 6.54 Å². The minimum Gasteiger partial charge on any atom is -0.331 e. The topological polar surface area (TPSA) is 21.1 Å². The molecule has 0 bridgehead atoms. The number of fused-ring (bicyclic) bond motifs is 1. The SMILES string of the molecule is Clc1cccc(Cc2cn(CC3CCCN3Cc3ccccc3)c3ncccc23)c1. The summed E-state index contributed by atoms with van der Waals surface area (Å²) in [5.74, 6) is 0. The van der Waals surface area contributed by atoms with Crippen molar-refractivity contribution in [3.8, 4) is 0 Å². The molecule has 152 valence electrons. The maximum atomic E-state index is 6.21. The Morgan fingerprint density at radius 3 is 2.70 bits per heavy atom. The first-order chi connectivity index (χ1) is 14.8. The van der Waals surface area contributed by atoms with Crippen molar-refractivity contribution < 1.29 is 0 Å². The zero-order chi connectivity index (χ0) is 20.3. The van der Waals surface area contributed by atoms with Gasteiger partial charge < -0.3 is 4.57 Å². The monoisotopic (exact) mass is 415 g/mol. The highest BCUT2D eigenvalue weighted by molar-refractivity contribution is 6.30. The van der Waals surface area contributed by atoms with Crippen LogP contribution in [0.2, 0.25) is 5.02 Å². The number of rotatable bonds is 6. The smallest absolute Gasteiger partial charge is 0.140 e. The molecule has 3 nitrogen and oxygen atoms in total. The largest absolute Gasteiger partial charge is 0.331 e. The maximum Gasteiger partial charge on any atom is 0.140 e. The molecule has 1 unspecified atom stereocenters. The van der Waals surface area contributed by atoms with Crippen LogP contribution in [0.25, 0.3) is 11.0 Å². The van der Waals surface area contributed by atoms with Crippen LogP contribution in [0.3, 0.4) is 0 Å². The molecule has 4 aromatic rings. The molecule has 4 heteroatoms. The first-order valence-corrected chi connectivity index (χ1v) is 11.1. The molecule has 0 aliphatic carbocycles. The second-order valence-electron chi connectivity index (χ2n) is 8.24. The van der Waals surface area contributed by atoms with E-state index in [4.69, 9.17) is 16.6 Å². The van der Waals surface area contributed by atoms with Crippen molar-refractivity contribution in [1.29, 1.82) is 0 Å². The van der Waals surface area contributed by atoms with E-state index >= 15 is 0 Å². The Hall–Kier alpha value is -2.62. The molecule has 3 heterocycles. The summed E-state index contributed by atoms with van der Waals surface area (Å²) in [4.78, 5) is 7.36. The molecule has 1 aliphatic rings. The summed E-state index contributed by atoms with van der Waals surface area (Å²) in [5, 5.41) is 2.03. The van der Waals surface area contributed by atoms with Crippen molar-refractivity contribution >= 4 is 22.6 Å². The number of likely N-dealkylation sites (tertiary alicyclic amines) is 1. The predicted molar refractivity (Wildman–Crippen MR) is 124 cm³/mol. The fraction of sp³-hybridized carbons (Fsp3) is 0.269. The lowest BCUT2D eigenvalue weighted by Gasteiger charge is -2.25. The summed E-state index contributed by atoms with van der Waals surface area (Å²) in [7, 11) is 0. The third kappa shape index (κ3) is 4.14. The number of nitrogens with zero attached hydrogens (tertiary/aromatic N) is 3. The summed E-state index contributed by atoms with van der Waals surface area (Å²) in [6.45, 7) is 3.17. The van der Waals surface area contributed by atoms with Crippen molar-refractivity contribution in [2.24, 2.45) is 0 Å². The number of aromatic nitrogens is 2. The molecule has 1 aliphatic heterocycles. The van der Waals surface area contributed by atoms with Gasteiger partial charge in [-0.05, 0) is 66.8 Å². The number of pyridine rings is 1. The van der Waals surface area contributed by atoms with Crippen molar-refractivity contribution in [2.45, 2.75) is 38.4 Å². The lowest BCUT2D eigenvalue weighted by atomic mass is 10.1. The minimum absolute atomic E-state index is 0.543. The van der Waals surface area contributed by atoms with E-state index < -0.39 is 0 Å². The number of hydrogen-bond acceptors (Lipinski definition) is 2. The molecule has 2 aromatic carbocycles. The van der Waals surface area contributed by atoms with Crippen LogP contribution in [0.4, 0.5) is 0 Å². The Bertz CT molecular complexity index is 1140. The van der Waals surface area contributed by atoms with Gasteiger partial charge in [0.2, 0.25) is 0 Å². The van der Waals surface area contributed by atoms with Crippen LogP contribution < -0.4 is 0 Å². The van der Waals surface area contributed by atoms with Crippen molar-refractivity contribution in [3.05, 3.63) is 101 Å². The second-order valence-corrected chi connectivity index (χ2v) is 8.68. The van der Waals surface area contributed by atoms with Crippen LogP contribution in [-0.4, -0.2) is 27.0 Å². The van der Waals surface area contributed by atoms with Crippen molar-refractivity contribution in [1.82, 2.24) is 14.5 Å². The van der Waals surface area contributed by atoms with Gasteiger partial charge in [-0.25, -0.2) is 4.98 Å². The van der Waals surface area contributed by atoms with Gasteiger partial charge in [0.05, 0.1) is 0 Å². The molecular formula is C26H26ClN3. The number of benzene rings is 2. The van der Waals surface area contributed by atoms with Crippen LogP contribution in [0.5, 0.6) is 0 Å². The summed E-state index contributed by atoms with van der Waals surface area (Å²) in [6, 6.07) is 23.7. The fourth-order valence-corrected chi connectivity index (χ4v) is 4.91. The average Bonchev–Trinajstić information content (AvgIpc) is 3.34. The average molecular weight is 416 g/mol. The molecule has 0 N–H and O–H groups in total. The molecule has 0 saturated carbocycles. The minimum atomic E-state index is 0.543. The Kier molecular flexibility index (Phi) is 5.56. The molecule has 0 radical (unpaired) electrons. The Labute approximate surface area is 182 Å². The van der Waals surface area contributed by atoms with E-state index in [2.05, 4.69) is 64.2 Å². The molecule has 1 fully saturated rings. The second kappa shape index (κ2) is 8.63. The molecule has 5 rings (SSSR count). The Morgan fingerprint density at radius 2 is 1.83 bits per heavy atom. The van der Waals surface area contributed by atoms with Gasteiger partial charge in [-0.1, -0.05) is 54.1 Å². The highest BCUT2D eigenvalue weighted by Crippen LogP contribution is 2.27. The zero-order valence-electron chi connectivity index (χ0n) is 17.0. The maximum absolute atomic E-state index is 6.21. The van der Waals surface area contributed by atoms with Crippen LogP contribution in [0, 0.1) is 0 Å². The lowest BCUT2D eigenvalue weighted by molar-refractivity contribution is 0.226. The third-order valence-corrected chi connectivity index (χ3v) is 6.37. The van der Waals surface area contributed by atoms with Crippen molar-refractivity contribution in [3.63, 3.8) is 0 Å². The van der Waals surface area contributed by atoms with Gasteiger partial charge in [-0.15, -0.1) is 0 Å². The third-order valence-electron chi connectivity index (χ3n) is 6.13. The number of halogens is 1. The van der Waals surface area contributed by atoms with Gasteiger partial charge >= 0.3 is 0 Å². The van der Waals surface area contributed by atoms with E-state index in [9.17, 15) is 0 Å². The fourth-order valence-electron chi connectivity index (χ4n) is 4.70. The van der Waals surface area contributed by atoms with E-state index in [0.29, 0.717) is 6.04 Å². The van der Waals surface area contributed by atoms with Gasteiger partial charge in [0.25, 0.3) is 0 Å². The standard InChI is InChI=1S/C26H26ClN3/c27-23-10-4-9-21(16-23)15-22-18-30(26-25(22)12-5-13-28-26)19-24-11-6-14-29(24)17-20-7-2-1-3-8-20/h1-5,7-10,12-13,16,18,24H,6,11,14-15,17,19H2. The molecule has 0 spiro atoms. The molecular weight excluding hydrogens is 390 g/mol. The van der Waals surface area contributed by atoms with Crippen LogP contribution in [-0.2, 0) is 19.5 Å². The zero-order valence-corrected chi connectivity index (χ0v) is 17.8. The summed E-state index contributed by atoms with van der Waals surface area (Å²) in [6.07, 6.45) is 7.58. The van der Waals surface area contributed by atoms with Gasteiger partial charge in [-0.2, -0.15) is 0 Å². The van der Waals surface area contributed by atoms with E-state index in [1.54, 1.807) is 0 Å². The summed E-state index contributed by atoms with van der Waals surface area (Å²) < 4.78 is 2.36. The summed E-state index contributed by atoms with van der Waals surface area (Å²) in [5.41, 5.74) is 5.02. The number of hydrogen-bond donors (Lipinski definition) is 0. The van der Waals surface area contributed by atoms with Crippen LogP contribution in [0.15, 0.2) is 79.1 Å². The normalized spacial score (nSPS) is 17.0. The van der Waals surface area contributed by atoms with Gasteiger partial charge in [0.1, 0.15) is 5.65 Å². The van der Waals surface area contributed by atoms with Gasteiger partial charge in [0.15, 0.2) is 0 Å². The van der Waals surface area contributed by atoms with Crippen LogP contribution in [0.1, 0.15) is 29.5 Å². The molecule has 0 amide bonds. The van der Waals surface area contributed by atoms with Gasteiger partial charge in [-0.3, -0.25) is 4.90 Å². The van der Waals surface area contributed by atoms with Crippen LogP contribution >= 0.6 is 11.6 Å². The van der Waals surface area contributed by atoms with E-state index in [1.807, 2.05) is 24.4 Å². The Morgan fingerprint density at radius 1 is 0.967 bits per heavy atom. The quantitative estimate of drug-likeness (QED) is 0.388. The lowest BCUT2D eigenvalue weighted by Crippen LogP contribution is -2.32. The van der Waals surface area contributed by atoms with E-state index in [-0.39, 0.29) is 0 Å². The van der Waals surface area contributed by atoms with E-state index in [1.165, 1.54) is 41.5 Å².